The van der Waals surface area contributed by atoms with Crippen molar-refractivity contribution < 1.29 is 38.1 Å². The van der Waals surface area contributed by atoms with Crippen LogP contribution in [0.1, 0.15) is 72.1 Å². The van der Waals surface area contributed by atoms with Crippen molar-refractivity contribution in [2.45, 2.75) is 89.0 Å². The lowest BCUT2D eigenvalue weighted by Gasteiger charge is -2.23. The van der Waals surface area contributed by atoms with Crippen LogP contribution in [0.2, 0.25) is 0 Å². The zero-order valence-corrected chi connectivity index (χ0v) is 28.2. The average Bonchev–Trinajstić information content (AvgIpc) is 3.70. The van der Waals surface area contributed by atoms with Gasteiger partial charge in [0.1, 0.15) is 18.2 Å². The van der Waals surface area contributed by atoms with Gasteiger partial charge in [-0.3, -0.25) is 19.7 Å². The molecule has 1 unspecified atom stereocenters. The number of alkyl carbamates (subject to hydrolysis) is 1. The molecule has 3 amide bonds. The summed E-state index contributed by atoms with van der Waals surface area (Å²) in [5, 5.41) is 27.4. The van der Waals surface area contributed by atoms with E-state index < -0.39 is 22.7 Å². The number of hydrogen-bond donors (Lipinski definition) is 3. The van der Waals surface area contributed by atoms with E-state index in [0.29, 0.717) is 32.2 Å². The van der Waals surface area contributed by atoms with Crippen molar-refractivity contribution in [2.75, 3.05) is 38.7 Å². The van der Waals surface area contributed by atoms with Crippen molar-refractivity contribution in [3.63, 3.8) is 0 Å². The number of carbonyl (C=O) groups is 3. The minimum atomic E-state index is -0.818. The van der Waals surface area contributed by atoms with Crippen molar-refractivity contribution in [2.24, 2.45) is 0 Å². The molecule has 1 aromatic carbocycles. The molecule has 2 aromatic rings. The second kappa shape index (κ2) is 19.4. The first-order valence-electron chi connectivity index (χ1n) is 15.5. The molecule has 0 bridgehead atoms. The Balaban J connectivity index is 1.32. The first-order chi connectivity index (χ1) is 22.0. The SMILES string of the molecule is CC(C)(C)OC(=O)N[C@@H](CCCCNC(=O)CCCCC1CCSS1)C(=O)NCCOCCOc1ccc([N+](=O)[O-])c2nonc12. The van der Waals surface area contributed by atoms with Crippen LogP contribution < -0.4 is 20.7 Å². The Morgan fingerprint density at radius 3 is 2.61 bits per heavy atom. The van der Waals surface area contributed by atoms with Gasteiger partial charge in [-0.1, -0.05) is 28.0 Å². The van der Waals surface area contributed by atoms with Crippen LogP contribution in [0.15, 0.2) is 16.8 Å². The lowest BCUT2D eigenvalue weighted by molar-refractivity contribution is -0.383. The molecular formula is C29H44N6O9S2. The highest BCUT2D eigenvalue weighted by atomic mass is 33.1. The molecule has 1 aliphatic heterocycles. The predicted octanol–water partition coefficient (Wildman–Crippen LogP) is 4.54. The molecule has 3 rings (SSSR count). The molecule has 1 aliphatic rings. The summed E-state index contributed by atoms with van der Waals surface area (Å²) in [6, 6.07) is 1.85. The van der Waals surface area contributed by atoms with E-state index in [1.807, 2.05) is 21.6 Å². The van der Waals surface area contributed by atoms with E-state index in [1.165, 1.54) is 24.3 Å². The Bertz CT molecular complexity index is 1280. The highest BCUT2D eigenvalue weighted by Gasteiger charge is 2.24. The Morgan fingerprint density at radius 2 is 1.87 bits per heavy atom. The van der Waals surface area contributed by atoms with Gasteiger partial charge in [0.2, 0.25) is 17.3 Å². The van der Waals surface area contributed by atoms with Crippen LogP contribution in [0.5, 0.6) is 5.75 Å². The van der Waals surface area contributed by atoms with E-state index in [2.05, 4.69) is 30.9 Å². The molecule has 46 heavy (non-hydrogen) atoms. The largest absolute Gasteiger partial charge is 0.489 e. The van der Waals surface area contributed by atoms with E-state index in [0.717, 1.165) is 24.5 Å². The molecule has 1 aromatic heterocycles. The zero-order chi connectivity index (χ0) is 33.4. The number of ether oxygens (including phenoxy) is 3. The minimum absolute atomic E-state index is 0.0100. The smallest absolute Gasteiger partial charge is 0.408 e. The fourth-order valence-electron chi connectivity index (χ4n) is 4.51. The molecule has 17 heteroatoms. The summed E-state index contributed by atoms with van der Waals surface area (Å²) in [7, 11) is 3.89. The number of aromatic nitrogens is 2. The average molecular weight is 685 g/mol. The third kappa shape index (κ3) is 13.6. The van der Waals surface area contributed by atoms with E-state index >= 15 is 0 Å². The van der Waals surface area contributed by atoms with Gasteiger partial charge in [0, 0.05) is 36.6 Å². The van der Waals surface area contributed by atoms with Crippen LogP contribution in [0.25, 0.3) is 11.0 Å². The number of hydrogen-bond acceptors (Lipinski definition) is 13. The van der Waals surface area contributed by atoms with Gasteiger partial charge in [-0.15, -0.1) is 0 Å². The Morgan fingerprint density at radius 1 is 1.07 bits per heavy atom. The van der Waals surface area contributed by atoms with Crippen molar-refractivity contribution in [3.05, 3.63) is 22.2 Å². The first kappa shape index (κ1) is 37.2. The maximum atomic E-state index is 12.9. The van der Waals surface area contributed by atoms with E-state index in [4.69, 9.17) is 14.2 Å². The van der Waals surface area contributed by atoms with Gasteiger partial charge < -0.3 is 30.2 Å². The molecular weight excluding hydrogens is 640 g/mol. The van der Waals surface area contributed by atoms with Gasteiger partial charge in [-0.25, -0.2) is 9.42 Å². The fraction of sp³-hybridized carbons (Fsp3) is 0.690. The highest BCUT2D eigenvalue weighted by Crippen LogP contribution is 2.39. The van der Waals surface area contributed by atoms with E-state index in [-0.39, 0.29) is 60.7 Å². The predicted molar refractivity (Wildman–Crippen MR) is 175 cm³/mol. The number of non-ortho nitro benzene ring substituents is 1. The van der Waals surface area contributed by atoms with Crippen LogP contribution in [-0.2, 0) is 19.1 Å². The monoisotopic (exact) mass is 684 g/mol. The zero-order valence-electron chi connectivity index (χ0n) is 26.5. The summed E-state index contributed by atoms with van der Waals surface area (Å²) in [6.07, 6.45) is 5.83. The lowest BCUT2D eigenvalue weighted by atomic mass is 10.1. The van der Waals surface area contributed by atoms with Crippen molar-refractivity contribution in [1.29, 1.82) is 0 Å². The second-order valence-electron chi connectivity index (χ2n) is 11.7. The number of nitrogens with one attached hydrogen (secondary N) is 3. The van der Waals surface area contributed by atoms with Crippen LogP contribution in [0.3, 0.4) is 0 Å². The fourth-order valence-corrected chi connectivity index (χ4v) is 7.53. The molecule has 0 aliphatic carbocycles. The van der Waals surface area contributed by atoms with Gasteiger partial charge in [0.25, 0.3) is 0 Å². The van der Waals surface area contributed by atoms with Gasteiger partial charge in [0.15, 0.2) is 11.3 Å². The maximum Gasteiger partial charge on any atom is 0.408 e. The van der Waals surface area contributed by atoms with Crippen LogP contribution >= 0.6 is 21.6 Å². The minimum Gasteiger partial charge on any atom is -0.489 e. The van der Waals surface area contributed by atoms with E-state index in [1.54, 1.807) is 20.8 Å². The Hall–Kier alpha value is -3.31. The summed E-state index contributed by atoms with van der Waals surface area (Å²) in [5.41, 5.74) is -0.833. The molecule has 1 saturated heterocycles. The van der Waals surface area contributed by atoms with Crippen LogP contribution in [0.4, 0.5) is 10.5 Å². The number of amides is 3. The van der Waals surface area contributed by atoms with Crippen LogP contribution in [-0.4, -0.2) is 88.7 Å². The molecule has 1 fully saturated rings. The third-order valence-electron chi connectivity index (χ3n) is 6.74. The third-order valence-corrected chi connectivity index (χ3v) is 9.75. The number of rotatable bonds is 20. The molecule has 0 spiro atoms. The summed E-state index contributed by atoms with van der Waals surface area (Å²) in [4.78, 5) is 48.0. The number of nitrogens with zero attached hydrogens (tertiary/aromatic N) is 3. The van der Waals surface area contributed by atoms with Crippen molar-refractivity contribution >= 4 is 56.2 Å². The Kier molecular flexibility index (Phi) is 15.6. The number of benzene rings is 1. The maximum absolute atomic E-state index is 12.9. The summed E-state index contributed by atoms with van der Waals surface area (Å²) < 4.78 is 21.1. The topological polar surface area (TPSA) is 197 Å². The van der Waals surface area contributed by atoms with Gasteiger partial charge in [0.05, 0.1) is 18.1 Å². The molecule has 0 saturated carbocycles. The van der Waals surface area contributed by atoms with Gasteiger partial charge in [-0.05, 0) is 75.7 Å². The first-order valence-corrected chi connectivity index (χ1v) is 17.8. The number of carbonyl (C=O) groups excluding carboxylic acids is 3. The molecule has 2 atom stereocenters. The molecule has 0 radical (unpaired) electrons. The molecule has 3 N–H and O–H groups in total. The van der Waals surface area contributed by atoms with Gasteiger partial charge in [-0.2, -0.15) is 0 Å². The van der Waals surface area contributed by atoms with Crippen molar-refractivity contribution in [1.82, 2.24) is 26.3 Å². The summed E-state index contributed by atoms with van der Waals surface area (Å²) in [6.45, 7) is 6.38. The Labute approximate surface area is 275 Å². The quantitative estimate of drug-likeness (QED) is 0.0762. The van der Waals surface area contributed by atoms with Crippen molar-refractivity contribution in [3.8, 4) is 5.75 Å². The number of fused-ring (bicyclic) bond motifs is 1. The standard InChI is InChI=1S/C29H44N6O9S2/c1-29(2,3)43-28(38)32-21(9-6-7-14-30-24(36)10-5-4-8-20-13-19-45-46-20)27(37)31-15-16-41-17-18-42-23-12-11-22(35(39)40)25-26(23)34-44-33-25/h11-12,20-21H,4-10,13-19H2,1-3H3,(H,30,36)(H,31,37)(H,32,38)/t20?,21-/m0/s1. The number of nitro benzene ring substituents is 1. The summed E-state index contributed by atoms with van der Waals surface area (Å²) in [5.74, 6) is 1.15. The molecule has 2 heterocycles. The molecule has 15 nitrogen and oxygen atoms in total. The highest BCUT2D eigenvalue weighted by molar-refractivity contribution is 8.77. The van der Waals surface area contributed by atoms with Crippen LogP contribution in [0, 0.1) is 10.1 Å². The normalized spacial score (nSPS) is 15.3. The van der Waals surface area contributed by atoms with E-state index in [9.17, 15) is 24.5 Å². The second-order valence-corrected chi connectivity index (χ2v) is 14.5. The number of nitro groups is 1. The molecule has 256 valence electrons. The van der Waals surface area contributed by atoms with Gasteiger partial charge >= 0.3 is 11.8 Å². The lowest BCUT2D eigenvalue weighted by Crippen LogP contribution is -2.48. The summed E-state index contributed by atoms with van der Waals surface area (Å²) >= 11 is 0. The number of unbranched alkanes of at least 4 members (excludes halogenated alkanes) is 2.